The maximum absolute atomic E-state index is 14.4. The molecule has 0 spiro atoms. The highest BCUT2D eigenvalue weighted by molar-refractivity contribution is 6.03. The molecule has 2 aromatic rings. The van der Waals surface area contributed by atoms with Gasteiger partial charge in [0.15, 0.2) is 17.3 Å². The number of hydrogen-bond donors (Lipinski definition) is 1. The number of nitrogens with one attached hydrogen (secondary N) is 1. The molecule has 2 amide bonds. The van der Waals surface area contributed by atoms with E-state index in [1.165, 1.54) is 25.2 Å². The first kappa shape index (κ1) is 19.7. The fourth-order valence-electron chi connectivity index (χ4n) is 3.46. The van der Waals surface area contributed by atoms with Gasteiger partial charge in [-0.25, -0.2) is 4.39 Å². The zero-order valence-electron chi connectivity index (χ0n) is 16.3. The molecule has 7 heteroatoms. The number of nitrogens with zero attached hydrogens (tertiary/aromatic N) is 1. The van der Waals surface area contributed by atoms with Crippen molar-refractivity contribution in [1.82, 2.24) is 4.90 Å². The third-order valence-corrected chi connectivity index (χ3v) is 4.82. The van der Waals surface area contributed by atoms with Gasteiger partial charge in [-0.05, 0) is 17.5 Å². The SMILES string of the molecule is COc1cc(F)c(NC(=O)[C@@H](C(C)C)N2Cc3ccccc3C2=O)cc1OC. The van der Waals surface area contributed by atoms with Gasteiger partial charge in [-0.1, -0.05) is 32.0 Å². The van der Waals surface area contributed by atoms with E-state index >= 15 is 0 Å². The van der Waals surface area contributed by atoms with Crippen LogP contribution in [0, 0.1) is 11.7 Å². The molecule has 1 N–H and O–H groups in total. The number of amides is 2. The Morgan fingerprint density at radius 2 is 1.79 bits per heavy atom. The molecule has 28 heavy (non-hydrogen) atoms. The lowest BCUT2D eigenvalue weighted by Crippen LogP contribution is -2.47. The third-order valence-electron chi connectivity index (χ3n) is 4.82. The molecule has 0 radical (unpaired) electrons. The maximum Gasteiger partial charge on any atom is 0.255 e. The highest BCUT2D eigenvalue weighted by Gasteiger charge is 2.38. The highest BCUT2D eigenvalue weighted by atomic mass is 19.1. The Balaban J connectivity index is 1.87. The van der Waals surface area contributed by atoms with Gasteiger partial charge in [0.2, 0.25) is 5.91 Å². The zero-order valence-corrected chi connectivity index (χ0v) is 16.3. The maximum atomic E-state index is 14.4. The first-order chi connectivity index (χ1) is 13.4. The lowest BCUT2D eigenvalue weighted by Gasteiger charge is -2.30. The summed E-state index contributed by atoms with van der Waals surface area (Å²) in [4.78, 5) is 27.3. The fraction of sp³-hybridized carbons (Fsp3) is 0.333. The molecule has 0 saturated carbocycles. The van der Waals surface area contributed by atoms with Crippen LogP contribution in [0.5, 0.6) is 11.5 Å². The molecule has 0 aromatic heterocycles. The summed E-state index contributed by atoms with van der Waals surface area (Å²) in [7, 11) is 2.83. The van der Waals surface area contributed by atoms with E-state index in [-0.39, 0.29) is 23.3 Å². The first-order valence-corrected chi connectivity index (χ1v) is 8.98. The molecule has 0 bridgehead atoms. The van der Waals surface area contributed by atoms with E-state index in [0.717, 1.165) is 11.6 Å². The molecular weight excluding hydrogens is 363 g/mol. The van der Waals surface area contributed by atoms with Gasteiger partial charge in [0, 0.05) is 24.2 Å². The molecule has 0 unspecified atom stereocenters. The standard InChI is InChI=1S/C21H23FN2O4/c1-12(2)19(24-11-13-7-5-6-8-14(13)21(24)26)20(25)23-16-10-18(28-4)17(27-3)9-15(16)22/h5-10,12,19H,11H2,1-4H3,(H,23,25)/t19-/m1/s1. The Labute approximate surface area is 163 Å². The molecule has 0 aliphatic carbocycles. The van der Waals surface area contributed by atoms with Crippen LogP contribution in [0.2, 0.25) is 0 Å². The van der Waals surface area contributed by atoms with Crippen molar-refractivity contribution in [2.45, 2.75) is 26.4 Å². The van der Waals surface area contributed by atoms with E-state index in [1.54, 1.807) is 12.1 Å². The summed E-state index contributed by atoms with van der Waals surface area (Å²) in [5.41, 5.74) is 1.44. The molecular formula is C21H23FN2O4. The molecule has 0 saturated heterocycles. The van der Waals surface area contributed by atoms with E-state index in [4.69, 9.17) is 9.47 Å². The number of ether oxygens (including phenoxy) is 2. The van der Waals surface area contributed by atoms with E-state index in [1.807, 2.05) is 26.0 Å². The number of methoxy groups -OCH3 is 2. The van der Waals surface area contributed by atoms with Crippen molar-refractivity contribution in [1.29, 1.82) is 0 Å². The number of halogens is 1. The molecule has 148 valence electrons. The monoisotopic (exact) mass is 386 g/mol. The quantitative estimate of drug-likeness (QED) is 0.826. The van der Waals surface area contributed by atoms with Crippen LogP contribution in [0.1, 0.15) is 29.8 Å². The summed E-state index contributed by atoms with van der Waals surface area (Å²) in [5.74, 6) is -0.945. The Morgan fingerprint density at radius 1 is 1.14 bits per heavy atom. The Morgan fingerprint density at radius 3 is 2.39 bits per heavy atom. The van der Waals surface area contributed by atoms with E-state index < -0.39 is 17.8 Å². The summed E-state index contributed by atoms with van der Waals surface area (Å²) in [6, 6.07) is 9.05. The van der Waals surface area contributed by atoms with E-state index in [2.05, 4.69) is 5.32 Å². The van der Waals surface area contributed by atoms with Gasteiger partial charge in [0.05, 0.1) is 19.9 Å². The van der Waals surface area contributed by atoms with E-state index in [0.29, 0.717) is 17.9 Å². The number of carbonyl (C=O) groups excluding carboxylic acids is 2. The van der Waals surface area contributed by atoms with Crippen molar-refractivity contribution < 1.29 is 23.5 Å². The van der Waals surface area contributed by atoms with Gasteiger partial charge in [-0.15, -0.1) is 0 Å². The summed E-state index contributed by atoms with van der Waals surface area (Å²) < 4.78 is 24.7. The van der Waals surface area contributed by atoms with Crippen molar-refractivity contribution in [3.8, 4) is 11.5 Å². The minimum Gasteiger partial charge on any atom is -0.493 e. The largest absolute Gasteiger partial charge is 0.493 e. The molecule has 2 aromatic carbocycles. The van der Waals surface area contributed by atoms with Gasteiger partial charge in [0.1, 0.15) is 6.04 Å². The minimum atomic E-state index is -0.743. The second-order valence-electron chi connectivity index (χ2n) is 6.96. The normalized spacial score (nSPS) is 14.1. The number of carbonyl (C=O) groups is 2. The molecule has 3 rings (SSSR count). The third kappa shape index (κ3) is 3.52. The number of fused-ring (bicyclic) bond motifs is 1. The van der Waals surface area contributed by atoms with Crippen molar-refractivity contribution in [3.05, 3.63) is 53.3 Å². The zero-order chi connectivity index (χ0) is 20.4. The number of rotatable bonds is 6. The summed E-state index contributed by atoms with van der Waals surface area (Å²) >= 11 is 0. The lowest BCUT2D eigenvalue weighted by atomic mass is 10.0. The average Bonchev–Trinajstić information content (AvgIpc) is 2.99. The molecule has 1 aliphatic rings. The number of hydrogen-bond acceptors (Lipinski definition) is 4. The number of anilines is 1. The van der Waals surface area contributed by atoms with Crippen molar-refractivity contribution in [2.24, 2.45) is 5.92 Å². The molecule has 0 fully saturated rings. The Hall–Kier alpha value is -3.09. The minimum absolute atomic E-state index is 0.0301. The Kier molecular flexibility index (Phi) is 5.53. The summed E-state index contributed by atoms with van der Waals surface area (Å²) in [6.45, 7) is 4.05. The second kappa shape index (κ2) is 7.88. The molecule has 6 nitrogen and oxygen atoms in total. The van der Waals surface area contributed by atoms with Crippen LogP contribution < -0.4 is 14.8 Å². The lowest BCUT2D eigenvalue weighted by molar-refractivity contribution is -0.122. The van der Waals surface area contributed by atoms with Crippen LogP contribution in [-0.2, 0) is 11.3 Å². The van der Waals surface area contributed by atoms with Gasteiger partial charge in [-0.2, -0.15) is 0 Å². The predicted molar refractivity (Wildman–Crippen MR) is 103 cm³/mol. The van der Waals surface area contributed by atoms with Gasteiger partial charge in [-0.3, -0.25) is 9.59 Å². The number of benzene rings is 2. The van der Waals surface area contributed by atoms with E-state index in [9.17, 15) is 14.0 Å². The average molecular weight is 386 g/mol. The second-order valence-corrected chi connectivity index (χ2v) is 6.96. The van der Waals surface area contributed by atoms with Crippen molar-refractivity contribution in [3.63, 3.8) is 0 Å². The van der Waals surface area contributed by atoms with Gasteiger partial charge in [0.25, 0.3) is 5.91 Å². The van der Waals surface area contributed by atoms with Gasteiger partial charge < -0.3 is 19.7 Å². The topological polar surface area (TPSA) is 67.9 Å². The van der Waals surface area contributed by atoms with Crippen LogP contribution >= 0.6 is 0 Å². The first-order valence-electron chi connectivity index (χ1n) is 8.98. The van der Waals surface area contributed by atoms with Gasteiger partial charge >= 0.3 is 0 Å². The molecule has 1 heterocycles. The van der Waals surface area contributed by atoms with Crippen molar-refractivity contribution >= 4 is 17.5 Å². The van der Waals surface area contributed by atoms with Crippen molar-refractivity contribution in [2.75, 3.05) is 19.5 Å². The van der Waals surface area contributed by atoms with Crippen LogP contribution in [0.3, 0.4) is 0 Å². The summed E-state index contributed by atoms with van der Waals surface area (Å²) in [6.07, 6.45) is 0. The fourth-order valence-corrected chi connectivity index (χ4v) is 3.46. The highest BCUT2D eigenvalue weighted by Crippen LogP contribution is 2.33. The van der Waals surface area contributed by atoms with Crippen LogP contribution in [0.15, 0.2) is 36.4 Å². The predicted octanol–water partition coefficient (Wildman–Crippen LogP) is 3.46. The Bertz CT molecular complexity index is 913. The smallest absolute Gasteiger partial charge is 0.255 e. The molecule has 1 aliphatic heterocycles. The summed E-state index contributed by atoms with van der Waals surface area (Å²) in [5, 5.41) is 2.60. The van der Waals surface area contributed by atoms with Crippen LogP contribution in [0.25, 0.3) is 0 Å². The van der Waals surface area contributed by atoms with Crippen LogP contribution in [0.4, 0.5) is 10.1 Å². The molecule has 1 atom stereocenters. The van der Waals surface area contributed by atoms with Crippen LogP contribution in [-0.4, -0.2) is 37.0 Å².